The molecule has 1 aliphatic heterocycles. The molecule has 1 amide bonds. The number of aryl methyl sites for hydroxylation is 2. The van der Waals surface area contributed by atoms with Crippen molar-refractivity contribution in [3.05, 3.63) is 34.2 Å². The van der Waals surface area contributed by atoms with Gasteiger partial charge in [-0.25, -0.2) is 4.79 Å². The molecule has 1 aromatic carbocycles. The molecule has 118 valence electrons. The Kier molecular flexibility index (Phi) is 4.02. The number of carbonyl (C=O) groups excluding carboxylic acids is 1. The lowest BCUT2D eigenvalue weighted by molar-refractivity contribution is -0.122. The maximum Gasteiger partial charge on any atom is 0.328 e. The first kappa shape index (κ1) is 14.8. The van der Waals surface area contributed by atoms with E-state index >= 15 is 0 Å². The van der Waals surface area contributed by atoms with E-state index in [4.69, 9.17) is 4.74 Å². The van der Waals surface area contributed by atoms with Gasteiger partial charge in [0.1, 0.15) is 0 Å². The van der Waals surface area contributed by atoms with Crippen LogP contribution in [0.4, 0.5) is 0 Å². The van der Waals surface area contributed by atoms with E-state index in [0.717, 1.165) is 29.6 Å². The second-order valence-electron chi connectivity index (χ2n) is 5.93. The minimum atomic E-state index is -0.0441. The van der Waals surface area contributed by atoms with Gasteiger partial charge in [0, 0.05) is 40.3 Å². The molecule has 1 fully saturated rings. The lowest BCUT2D eigenvalue weighted by atomic mass is 10.0. The van der Waals surface area contributed by atoms with Gasteiger partial charge in [0.2, 0.25) is 5.91 Å². The summed E-state index contributed by atoms with van der Waals surface area (Å²) in [5, 5.41) is 2.94. The Labute approximate surface area is 128 Å². The van der Waals surface area contributed by atoms with Crippen LogP contribution in [-0.4, -0.2) is 28.3 Å². The van der Waals surface area contributed by atoms with Gasteiger partial charge in [0.25, 0.3) is 0 Å². The number of amides is 1. The molecule has 1 atom stereocenters. The Balaban J connectivity index is 1.67. The van der Waals surface area contributed by atoms with Crippen molar-refractivity contribution in [2.24, 2.45) is 20.0 Å². The minimum absolute atomic E-state index is 0.0441. The van der Waals surface area contributed by atoms with Crippen molar-refractivity contribution in [3.63, 3.8) is 0 Å². The van der Waals surface area contributed by atoms with Crippen molar-refractivity contribution in [2.75, 3.05) is 13.2 Å². The third kappa shape index (κ3) is 2.78. The molecule has 0 spiro atoms. The molecule has 1 aliphatic rings. The van der Waals surface area contributed by atoms with E-state index in [2.05, 4.69) is 5.32 Å². The first-order chi connectivity index (χ1) is 10.6. The number of imidazole rings is 1. The zero-order valence-electron chi connectivity index (χ0n) is 13.0. The summed E-state index contributed by atoms with van der Waals surface area (Å²) >= 11 is 0. The van der Waals surface area contributed by atoms with Gasteiger partial charge < -0.3 is 10.1 Å². The third-order valence-corrected chi connectivity index (χ3v) is 4.32. The van der Waals surface area contributed by atoms with Crippen molar-refractivity contribution >= 4 is 16.9 Å². The highest BCUT2D eigenvalue weighted by molar-refractivity contribution is 5.78. The Morgan fingerprint density at radius 3 is 2.82 bits per heavy atom. The van der Waals surface area contributed by atoms with E-state index < -0.39 is 0 Å². The van der Waals surface area contributed by atoms with Crippen LogP contribution in [0.5, 0.6) is 0 Å². The number of nitrogens with zero attached hydrogens (tertiary/aromatic N) is 2. The standard InChI is InChI=1S/C16H21N3O3/c1-18-13-4-3-11(7-14(13)19(2)16(18)21)9-17-15(20)8-12-5-6-22-10-12/h3-4,7,12H,5-6,8-10H2,1-2H3,(H,17,20). The lowest BCUT2D eigenvalue weighted by Crippen LogP contribution is -2.25. The molecule has 6 nitrogen and oxygen atoms in total. The van der Waals surface area contributed by atoms with Crippen LogP contribution in [0.1, 0.15) is 18.4 Å². The normalized spacial score (nSPS) is 18.0. The van der Waals surface area contributed by atoms with Crippen LogP contribution in [0.2, 0.25) is 0 Å². The highest BCUT2D eigenvalue weighted by Crippen LogP contribution is 2.17. The van der Waals surface area contributed by atoms with Gasteiger partial charge >= 0.3 is 5.69 Å². The number of aromatic nitrogens is 2. The van der Waals surface area contributed by atoms with Crippen LogP contribution in [0.25, 0.3) is 11.0 Å². The molecule has 1 saturated heterocycles. The van der Waals surface area contributed by atoms with Crippen molar-refractivity contribution < 1.29 is 9.53 Å². The predicted molar refractivity (Wildman–Crippen MR) is 83.5 cm³/mol. The summed E-state index contributed by atoms with van der Waals surface area (Å²) in [5.74, 6) is 0.398. The quantitative estimate of drug-likeness (QED) is 0.913. The van der Waals surface area contributed by atoms with Crippen LogP contribution in [0.3, 0.4) is 0 Å². The van der Waals surface area contributed by atoms with Gasteiger partial charge in [0.05, 0.1) is 11.0 Å². The summed E-state index contributed by atoms with van der Waals surface area (Å²) in [6.07, 6.45) is 1.48. The third-order valence-electron chi connectivity index (χ3n) is 4.32. The molecule has 3 rings (SSSR count). The SMILES string of the molecule is Cn1c(=O)n(C)c2cc(CNC(=O)CC3CCOC3)ccc21. The smallest absolute Gasteiger partial charge is 0.328 e. The molecular formula is C16H21N3O3. The van der Waals surface area contributed by atoms with Gasteiger partial charge in [-0.15, -0.1) is 0 Å². The molecule has 1 unspecified atom stereocenters. The molecule has 0 bridgehead atoms. The van der Waals surface area contributed by atoms with E-state index in [1.807, 2.05) is 18.2 Å². The van der Waals surface area contributed by atoms with E-state index in [9.17, 15) is 9.59 Å². The van der Waals surface area contributed by atoms with Gasteiger partial charge in [-0.2, -0.15) is 0 Å². The van der Waals surface area contributed by atoms with E-state index in [0.29, 0.717) is 25.5 Å². The highest BCUT2D eigenvalue weighted by Gasteiger charge is 2.18. The summed E-state index contributed by atoms with van der Waals surface area (Å²) in [5.41, 5.74) is 2.72. The molecule has 0 radical (unpaired) electrons. The number of fused-ring (bicyclic) bond motifs is 1. The van der Waals surface area contributed by atoms with Gasteiger partial charge in [0.15, 0.2) is 0 Å². The summed E-state index contributed by atoms with van der Waals surface area (Å²) in [7, 11) is 3.52. The Morgan fingerprint density at radius 1 is 1.32 bits per heavy atom. The van der Waals surface area contributed by atoms with E-state index in [1.165, 1.54) is 0 Å². The molecule has 0 aliphatic carbocycles. The second kappa shape index (κ2) is 5.96. The molecule has 1 aromatic heterocycles. The molecule has 6 heteroatoms. The predicted octanol–water partition coefficient (Wildman–Crippen LogP) is 0.920. The van der Waals surface area contributed by atoms with Gasteiger partial charge in [-0.05, 0) is 30.0 Å². The summed E-state index contributed by atoms with van der Waals surface area (Å²) in [4.78, 5) is 23.8. The molecule has 1 N–H and O–H groups in total. The van der Waals surface area contributed by atoms with Crippen LogP contribution < -0.4 is 11.0 Å². The maximum absolute atomic E-state index is 11.9. The maximum atomic E-state index is 11.9. The van der Waals surface area contributed by atoms with Crippen LogP contribution >= 0.6 is 0 Å². The molecule has 2 heterocycles. The molecule has 2 aromatic rings. The zero-order chi connectivity index (χ0) is 15.7. The Hall–Kier alpha value is -2.08. The van der Waals surface area contributed by atoms with Crippen molar-refractivity contribution in [1.82, 2.24) is 14.5 Å². The fraction of sp³-hybridized carbons (Fsp3) is 0.500. The topological polar surface area (TPSA) is 65.3 Å². The highest BCUT2D eigenvalue weighted by atomic mass is 16.5. The summed E-state index contributed by atoms with van der Waals surface area (Å²) in [6.45, 7) is 1.92. The number of ether oxygens (including phenoxy) is 1. The summed E-state index contributed by atoms with van der Waals surface area (Å²) in [6, 6.07) is 5.82. The lowest BCUT2D eigenvalue weighted by Gasteiger charge is -2.09. The first-order valence-corrected chi connectivity index (χ1v) is 7.55. The van der Waals surface area contributed by atoms with E-state index in [-0.39, 0.29) is 11.6 Å². The van der Waals surface area contributed by atoms with Gasteiger partial charge in [-0.1, -0.05) is 6.07 Å². The fourth-order valence-electron chi connectivity index (χ4n) is 2.94. The number of benzene rings is 1. The van der Waals surface area contributed by atoms with Gasteiger partial charge in [-0.3, -0.25) is 13.9 Å². The van der Waals surface area contributed by atoms with Crippen molar-refractivity contribution in [1.29, 1.82) is 0 Å². The zero-order valence-corrected chi connectivity index (χ0v) is 13.0. The Bertz CT molecular complexity index is 754. The average Bonchev–Trinajstić information content (AvgIpc) is 3.09. The number of rotatable bonds is 4. The van der Waals surface area contributed by atoms with Crippen LogP contribution in [0.15, 0.2) is 23.0 Å². The van der Waals surface area contributed by atoms with Crippen LogP contribution in [0, 0.1) is 5.92 Å². The van der Waals surface area contributed by atoms with Crippen molar-refractivity contribution in [3.8, 4) is 0 Å². The number of hydrogen-bond donors (Lipinski definition) is 1. The monoisotopic (exact) mass is 303 g/mol. The van der Waals surface area contributed by atoms with Crippen molar-refractivity contribution in [2.45, 2.75) is 19.4 Å². The minimum Gasteiger partial charge on any atom is -0.381 e. The average molecular weight is 303 g/mol. The Morgan fingerprint density at radius 2 is 2.09 bits per heavy atom. The number of nitrogens with one attached hydrogen (secondary N) is 1. The molecular weight excluding hydrogens is 282 g/mol. The number of hydrogen-bond acceptors (Lipinski definition) is 3. The summed E-state index contributed by atoms with van der Waals surface area (Å²) < 4.78 is 8.53. The van der Waals surface area contributed by atoms with Crippen LogP contribution in [-0.2, 0) is 30.2 Å². The van der Waals surface area contributed by atoms with E-state index in [1.54, 1.807) is 23.2 Å². The number of carbonyl (C=O) groups is 1. The molecule has 0 saturated carbocycles. The first-order valence-electron chi connectivity index (χ1n) is 7.55. The molecule has 22 heavy (non-hydrogen) atoms. The fourth-order valence-corrected chi connectivity index (χ4v) is 2.94. The largest absolute Gasteiger partial charge is 0.381 e. The second-order valence-corrected chi connectivity index (χ2v) is 5.93.